The number of nitrogens with zero attached hydrogens (tertiary/aromatic N) is 3. The monoisotopic (exact) mass is 362 g/mol. The highest BCUT2D eigenvalue weighted by molar-refractivity contribution is 5.77. The lowest BCUT2D eigenvalue weighted by Crippen LogP contribution is -2.50. The number of piperazine rings is 1. The number of hydrogen-bond donors (Lipinski definition) is 1. The summed E-state index contributed by atoms with van der Waals surface area (Å²) in [6.45, 7) is 7.77. The molecule has 5 heteroatoms. The zero-order valence-corrected chi connectivity index (χ0v) is 15.9. The van der Waals surface area contributed by atoms with Crippen molar-refractivity contribution < 1.29 is 0 Å². The molecular weight excluding hydrogens is 336 g/mol. The molecule has 1 aliphatic rings. The van der Waals surface area contributed by atoms with Crippen molar-refractivity contribution in [1.29, 1.82) is 0 Å². The van der Waals surface area contributed by atoms with Crippen LogP contribution in [0.1, 0.15) is 31.3 Å². The quantitative estimate of drug-likeness (QED) is 0.775. The Morgan fingerprint density at radius 1 is 1.15 bits per heavy atom. The first-order chi connectivity index (χ1) is 13.1. The summed E-state index contributed by atoms with van der Waals surface area (Å²) >= 11 is 0. The van der Waals surface area contributed by atoms with Crippen LogP contribution in [0.15, 0.2) is 59.4 Å². The fourth-order valence-electron chi connectivity index (χ4n) is 3.90. The number of fused-ring (bicyclic) bond motifs is 1. The van der Waals surface area contributed by atoms with Crippen LogP contribution in [0.4, 0.5) is 0 Å². The molecule has 3 aromatic rings. The molecule has 1 N–H and O–H groups in total. The summed E-state index contributed by atoms with van der Waals surface area (Å²) in [5.74, 6) is 0.844. The molecule has 2 aromatic carbocycles. The van der Waals surface area contributed by atoms with E-state index in [9.17, 15) is 4.79 Å². The molecule has 0 amide bonds. The van der Waals surface area contributed by atoms with E-state index < -0.39 is 0 Å². The normalized spacial score (nSPS) is 19.3. The van der Waals surface area contributed by atoms with Gasteiger partial charge < -0.3 is 5.32 Å². The van der Waals surface area contributed by atoms with E-state index in [2.05, 4.69) is 36.2 Å². The second-order valence-corrected chi connectivity index (χ2v) is 7.39. The van der Waals surface area contributed by atoms with Gasteiger partial charge in [0.1, 0.15) is 5.82 Å². The van der Waals surface area contributed by atoms with E-state index in [1.54, 1.807) is 0 Å². The molecule has 0 aliphatic carbocycles. The van der Waals surface area contributed by atoms with Gasteiger partial charge in [-0.2, -0.15) is 0 Å². The molecule has 0 unspecified atom stereocenters. The molecule has 2 atom stereocenters. The van der Waals surface area contributed by atoms with Crippen LogP contribution in [0.3, 0.4) is 0 Å². The minimum Gasteiger partial charge on any atom is -0.312 e. The van der Waals surface area contributed by atoms with Crippen LogP contribution in [-0.4, -0.2) is 40.1 Å². The fourth-order valence-corrected chi connectivity index (χ4v) is 3.90. The molecule has 27 heavy (non-hydrogen) atoms. The zero-order valence-electron chi connectivity index (χ0n) is 15.9. The molecule has 5 nitrogen and oxygen atoms in total. The first kappa shape index (κ1) is 17.9. The highest BCUT2D eigenvalue weighted by Gasteiger charge is 2.25. The molecule has 1 saturated heterocycles. The number of benzene rings is 2. The Morgan fingerprint density at radius 2 is 1.89 bits per heavy atom. The third kappa shape index (κ3) is 3.66. The third-order valence-corrected chi connectivity index (χ3v) is 5.40. The number of nitrogens with one attached hydrogen (secondary N) is 1. The van der Waals surface area contributed by atoms with Gasteiger partial charge in [-0.15, -0.1) is 0 Å². The Hall–Kier alpha value is -2.50. The van der Waals surface area contributed by atoms with Crippen molar-refractivity contribution in [3.8, 4) is 0 Å². The van der Waals surface area contributed by atoms with E-state index in [0.29, 0.717) is 18.0 Å². The van der Waals surface area contributed by atoms with E-state index >= 15 is 0 Å². The predicted molar refractivity (Wildman–Crippen MR) is 109 cm³/mol. The smallest absolute Gasteiger partial charge is 0.261 e. The summed E-state index contributed by atoms with van der Waals surface area (Å²) in [6.07, 6.45) is 0. The van der Waals surface area contributed by atoms with Gasteiger partial charge in [0.05, 0.1) is 23.5 Å². The van der Waals surface area contributed by atoms with Gasteiger partial charge in [0.2, 0.25) is 0 Å². The minimum absolute atomic E-state index is 0.0366. The Labute approximate surface area is 159 Å². The number of aromatic nitrogens is 2. The summed E-state index contributed by atoms with van der Waals surface area (Å²) in [5.41, 5.74) is 1.92. The minimum atomic E-state index is 0.0366. The van der Waals surface area contributed by atoms with Crippen LogP contribution in [0.25, 0.3) is 10.9 Å². The van der Waals surface area contributed by atoms with Crippen molar-refractivity contribution in [1.82, 2.24) is 19.8 Å². The first-order valence-corrected chi connectivity index (χ1v) is 9.64. The Bertz CT molecular complexity index is 983. The van der Waals surface area contributed by atoms with E-state index in [1.807, 2.05) is 47.0 Å². The largest absolute Gasteiger partial charge is 0.312 e. The van der Waals surface area contributed by atoms with Crippen LogP contribution in [0, 0.1) is 0 Å². The average molecular weight is 362 g/mol. The molecule has 1 aliphatic heterocycles. The van der Waals surface area contributed by atoms with Crippen molar-refractivity contribution in [2.24, 2.45) is 0 Å². The molecule has 0 radical (unpaired) electrons. The summed E-state index contributed by atoms with van der Waals surface area (Å²) in [5, 5.41) is 4.16. The van der Waals surface area contributed by atoms with E-state index in [1.165, 1.54) is 0 Å². The van der Waals surface area contributed by atoms with Gasteiger partial charge >= 0.3 is 0 Å². The molecule has 4 rings (SSSR count). The maximum atomic E-state index is 13.3. The van der Waals surface area contributed by atoms with Crippen molar-refractivity contribution in [2.75, 3.05) is 19.6 Å². The van der Waals surface area contributed by atoms with Gasteiger partial charge in [0, 0.05) is 25.7 Å². The molecule has 2 heterocycles. The lowest BCUT2D eigenvalue weighted by atomic mass is 10.1. The number of rotatable bonds is 4. The van der Waals surface area contributed by atoms with Crippen molar-refractivity contribution in [3.05, 3.63) is 76.3 Å². The molecule has 1 aromatic heterocycles. The maximum absolute atomic E-state index is 13.3. The van der Waals surface area contributed by atoms with Crippen molar-refractivity contribution in [3.63, 3.8) is 0 Å². The first-order valence-electron chi connectivity index (χ1n) is 9.64. The van der Waals surface area contributed by atoms with E-state index in [-0.39, 0.29) is 11.6 Å². The average Bonchev–Trinajstić information content (AvgIpc) is 2.70. The Kier molecular flexibility index (Phi) is 5.05. The van der Waals surface area contributed by atoms with Crippen LogP contribution < -0.4 is 10.9 Å². The highest BCUT2D eigenvalue weighted by Crippen LogP contribution is 2.22. The second kappa shape index (κ2) is 7.62. The third-order valence-electron chi connectivity index (χ3n) is 5.40. The van der Waals surface area contributed by atoms with Gasteiger partial charge in [0.25, 0.3) is 5.56 Å². The number of hydrogen-bond acceptors (Lipinski definition) is 4. The van der Waals surface area contributed by atoms with Crippen molar-refractivity contribution in [2.45, 2.75) is 32.5 Å². The molecule has 0 spiro atoms. The van der Waals surface area contributed by atoms with Gasteiger partial charge in [-0.1, -0.05) is 42.5 Å². The molecule has 0 bridgehead atoms. The summed E-state index contributed by atoms with van der Waals surface area (Å²) in [4.78, 5) is 20.6. The van der Waals surface area contributed by atoms with E-state index in [0.717, 1.165) is 36.5 Å². The summed E-state index contributed by atoms with van der Waals surface area (Å²) in [7, 11) is 0. The Balaban J connectivity index is 1.82. The predicted octanol–water partition coefficient (Wildman–Crippen LogP) is 2.80. The molecular formula is C22H26N4O. The standard InChI is InChI=1S/C22H26N4O/c1-16-14-25(13-12-23-16)17(2)21-24-20-11-7-6-10-19(20)22(27)26(21)15-18-8-4-3-5-9-18/h3-11,16-17,23H,12-15H2,1-2H3/t16-,17-/m0/s1. The highest BCUT2D eigenvalue weighted by atomic mass is 16.1. The molecule has 1 fully saturated rings. The number of para-hydroxylation sites is 1. The maximum Gasteiger partial charge on any atom is 0.261 e. The second-order valence-electron chi connectivity index (χ2n) is 7.39. The van der Waals surface area contributed by atoms with Crippen LogP contribution in [-0.2, 0) is 6.54 Å². The van der Waals surface area contributed by atoms with Gasteiger partial charge in [-0.25, -0.2) is 4.98 Å². The summed E-state index contributed by atoms with van der Waals surface area (Å²) in [6, 6.07) is 18.3. The van der Waals surface area contributed by atoms with Crippen molar-refractivity contribution >= 4 is 10.9 Å². The van der Waals surface area contributed by atoms with Crippen LogP contribution in [0.5, 0.6) is 0 Å². The zero-order chi connectivity index (χ0) is 18.8. The van der Waals surface area contributed by atoms with Gasteiger partial charge in [-0.3, -0.25) is 14.3 Å². The van der Waals surface area contributed by atoms with E-state index in [4.69, 9.17) is 4.98 Å². The Morgan fingerprint density at radius 3 is 2.67 bits per heavy atom. The SMILES string of the molecule is C[C@H]1CN([C@@H](C)c2nc3ccccc3c(=O)n2Cc2ccccc2)CCN1. The molecule has 0 saturated carbocycles. The van der Waals surface area contributed by atoms with Crippen LogP contribution in [0.2, 0.25) is 0 Å². The fraction of sp³-hybridized carbons (Fsp3) is 0.364. The van der Waals surface area contributed by atoms with Gasteiger partial charge in [0.15, 0.2) is 0 Å². The van der Waals surface area contributed by atoms with Crippen LogP contribution >= 0.6 is 0 Å². The lowest BCUT2D eigenvalue weighted by Gasteiger charge is -2.36. The molecule has 140 valence electrons. The topological polar surface area (TPSA) is 50.2 Å². The van der Waals surface area contributed by atoms with Gasteiger partial charge in [-0.05, 0) is 31.5 Å². The summed E-state index contributed by atoms with van der Waals surface area (Å²) < 4.78 is 1.86. The lowest BCUT2D eigenvalue weighted by molar-refractivity contribution is 0.150.